The third-order valence-corrected chi connectivity index (χ3v) is 2.75. The van der Waals surface area contributed by atoms with Gasteiger partial charge < -0.3 is 15.2 Å². The largest absolute Gasteiger partial charge is 0.496 e. The number of benzene rings is 1. The molecule has 0 aliphatic rings. The first-order valence-corrected chi connectivity index (χ1v) is 5.48. The van der Waals surface area contributed by atoms with Crippen LogP contribution in [0.2, 0.25) is 0 Å². The molecule has 0 atom stereocenters. The summed E-state index contributed by atoms with van der Waals surface area (Å²) in [5.74, 6) is 0.0404. The highest BCUT2D eigenvalue weighted by atomic mass is 127. The average molecular weight is 321 g/mol. The van der Waals surface area contributed by atoms with Gasteiger partial charge in [0.25, 0.3) is 0 Å². The molecule has 0 unspecified atom stereocenters. The SMILES string of the molecule is CCOC(=O)c1cc(I)c(N)cc1OC. The molecule has 0 amide bonds. The lowest BCUT2D eigenvalue weighted by Gasteiger charge is -2.09. The molecular weight excluding hydrogens is 309 g/mol. The van der Waals surface area contributed by atoms with Gasteiger partial charge in [-0.3, -0.25) is 0 Å². The van der Waals surface area contributed by atoms with Crippen molar-refractivity contribution in [3.05, 3.63) is 21.3 Å². The first-order valence-electron chi connectivity index (χ1n) is 4.40. The summed E-state index contributed by atoms with van der Waals surface area (Å²) in [5, 5.41) is 0. The lowest BCUT2D eigenvalue weighted by molar-refractivity contribution is 0.0522. The molecule has 0 spiro atoms. The van der Waals surface area contributed by atoms with Crippen LogP contribution in [0.25, 0.3) is 0 Å². The van der Waals surface area contributed by atoms with Gasteiger partial charge in [0.2, 0.25) is 0 Å². The van der Waals surface area contributed by atoms with Gasteiger partial charge in [-0.25, -0.2) is 4.79 Å². The van der Waals surface area contributed by atoms with Crippen LogP contribution in [0.1, 0.15) is 17.3 Å². The van der Waals surface area contributed by atoms with E-state index in [2.05, 4.69) is 22.6 Å². The predicted octanol–water partition coefficient (Wildman–Crippen LogP) is 2.06. The van der Waals surface area contributed by atoms with Crippen LogP contribution in [0.15, 0.2) is 12.1 Å². The maximum absolute atomic E-state index is 11.5. The lowest BCUT2D eigenvalue weighted by Crippen LogP contribution is -2.08. The number of methoxy groups -OCH3 is 1. The van der Waals surface area contributed by atoms with E-state index in [1.807, 2.05) is 0 Å². The predicted molar refractivity (Wildman–Crippen MR) is 66.1 cm³/mol. The van der Waals surface area contributed by atoms with E-state index in [9.17, 15) is 4.79 Å². The number of hydrogen-bond acceptors (Lipinski definition) is 4. The number of halogens is 1. The Morgan fingerprint density at radius 3 is 2.73 bits per heavy atom. The molecule has 15 heavy (non-hydrogen) atoms. The minimum absolute atomic E-state index is 0.336. The van der Waals surface area contributed by atoms with Crippen LogP contribution in [-0.2, 0) is 4.74 Å². The Hall–Kier alpha value is -0.980. The quantitative estimate of drug-likeness (QED) is 0.526. The molecular formula is C10H12INO3. The number of rotatable bonds is 3. The van der Waals surface area contributed by atoms with Crippen molar-refractivity contribution in [1.29, 1.82) is 0 Å². The zero-order chi connectivity index (χ0) is 11.4. The van der Waals surface area contributed by atoms with Crippen LogP contribution in [0, 0.1) is 3.57 Å². The molecule has 0 aliphatic heterocycles. The number of ether oxygens (including phenoxy) is 2. The van der Waals surface area contributed by atoms with Crippen LogP contribution >= 0.6 is 22.6 Å². The van der Waals surface area contributed by atoms with Crippen LogP contribution in [0.5, 0.6) is 5.75 Å². The topological polar surface area (TPSA) is 61.5 Å². The first-order chi connectivity index (χ1) is 7.10. The lowest BCUT2D eigenvalue weighted by atomic mass is 10.2. The molecule has 5 heteroatoms. The van der Waals surface area contributed by atoms with Gasteiger partial charge in [0.1, 0.15) is 11.3 Å². The molecule has 1 aromatic rings. The summed E-state index contributed by atoms with van der Waals surface area (Å²) in [6.07, 6.45) is 0. The zero-order valence-corrected chi connectivity index (χ0v) is 10.7. The normalized spacial score (nSPS) is 9.80. The van der Waals surface area contributed by atoms with E-state index in [1.54, 1.807) is 19.1 Å². The van der Waals surface area contributed by atoms with E-state index >= 15 is 0 Å². The Morgan fingerprint density at radius 2 is 2.20 bits per heavy atom. The van der Waals surface area contributed by atoms with Crippen molar-refractivity contribution >= 4 is 34.2 Å². The van der Waals surface area contributed by atoms with Crippen molar-refractivity contribution < 1.29 is 14.3 Å². The number of carbonyl (C=O) groups excluding carboxylic acids is 1. The van der Waals surface area contributed by atoms with Crippen molar-refractivity contribution in [2.24, 2.45) is 0 Å². The summed E-state index contributed by atoms with van der Waals surface area (Å²) < 4.78 is 10.8. The summed E-state index contributed by atoms with van der Waals surface area (Å²) in [6.45, 7) is 2.09. The number of esters is 1. The Labute approximate surface area is 102 Å². The molecule has 0 bridgehead atoms. The van der Waals surface area contributed by atoms with Gasteiger partial charge in [0.15, 0.2) is 0 Å². The number of hydrogen-bond donors (Lipinski definition) is 1. The van der Waals surface area contributed by atoms with E-state index in [4.69, 9.17) is 15.2 Å². The standard InChI is InChI=1S/C10H12INO3/c1-3-15-10(13)6-4-7(11)8(12)5-9(6)14-2/h4-5H,3,12H2,1-2H3. The Morgan fingerprint density at radius 1 is 1.53 bits per heavy atom. The fourth-order valence-electron chi connectivity index (χ4n) is 1.11. The van der Waals surface area contributed by atoms with Gasteiger partial charge in [-0.2, -0.15) is 0 Å². The second-order valence-corrected chi connectivity index (χ2v) is 3.96. The van der Waals surface area contributed by atoms with Crippen molar-refractivity contribution in [3.8, 4) is 5.75 Å². The first kappa shape index (κ1) is 12.1. The van der Waals surface area contributed by atoms with Gasteiger partial charge >= 0.3 is 5.97 Å². The molecule has 82 valence electrons. The van der Waals surface area contributed by atoms with Gasteiger partial charge in [-0.15, -0.1) is 0 Å². The fraction of sp³-hybridized carbons (Fsp3) is 0.300. The van der Waals surface area contributed by atoms with Gasteiger partial charge in [0, 0.05) is 15.3 Å². The maximum Gasteiger partial charge on any atom is 0.341 e. The van der Waals surface area contributed by atoms with Gasteiger partial charge in [-0.1, -0.05) is 0 Å². The van der Waals surface area contributed by atoms with Gasteiger partial charge in [-0.05, 0) is 35.6 Å². The molecule has 0 fully saturated rings. The maximum atomic E-state index is 11.5. The molecule has 0 radical (unpaired) electrons. The van der Waals surface area contributed by atoms with Crippen molar-refractivity contribution in [2.45, 2.75) is 6.92 Å². The zero-order valence-electron chi connectivity index (χ0n) is 8.54. The molecule has 0 aliphatic carbocycles. The molecule has 0 saturated heterocycles. The molecule has 0 aromatic heterocycles. The smallest absolute Gasteiger partial charge is 0.341 e. The van der Waals surface area contributed by atoms with E-state index in [0.717, 1.165) is 3.57 Å². The third-order valence-electron chi connectivity index (χ3n) is 1.81. The Kier molecular flexibility index (Phi) is 4.19. The van der Waals surface area contributed by atoms with E-state index in [1.165, 1.54) is 7.11 Å². The molecule has 4 nitrogen and oxygen atoms in total. The third kappa shape index (κ3) is 2.74. The van der Waals surface area contributed by atoms with Crippen LogP contribution < -0.4 is 10.5 Å². The highest BCUT2D eigenvalue weighted by molar-refractivity contribution is 14.1. The van der Waals surface area contributed by atoms with Crippen LogP contribution in [0.3, 0.4) is 0 Å². The summed E-state index contributed by atoms with van der Waals surface area (Å²) in [5.41, 5.74) is 6.68. The monoisotopic (exact) mass is 321 g/mol. The van der Waals surface area contributed by atoms with Crippen LogP contribution in [-0.4, -0.2) is 19.7 Å². The second kappa shape index (κ2) is 5.20. The minimum Gasteiger partial charge on any atom is -0.496 e. The number of carbonyl (C=O) groups is 1. The van der Waals surface area contributed by atoms with Crippen LogP contribution in [0.4, 0.5) is 5.69 Å². The van der Waals surface area contributed by atoms with E-state index in [0.29, 0.717) is 23.6 Å². The van der Waals surface area contributed by atoms with Crippen molar-refractivity contribution in [2.75, 3.05) is 19.5 Å². The minimum atomic E-state index is -0.396. The Bertz CT molecular complexity index is 379. The molecule has 0 saturated carbocycles. The highest BCUT2D eigenvalue weighted by Crippen LogP contribution is 2.27. The summed E-state index contributed by atoms with van der Waals surface area (Å²) in [7, 11) is 1.49. The molecule has 0 heterocycles. The highest BCUT2D eigenvalue weighted by Gasteiger charge is 2.15. The second-order valence-electron chi connectivity index (χ2n) is 2.79. The summed E-state index contributed by atoms with van der Waals surface area (Å²) in [4.78, 5) is 11.5. The average Bonchev–Trinajstić information content (AvgIpc) is 2.21. The molecule has 2 N–H and O–H groups in total. The summed E-state index contributed by atoms with van der Waals surface area (Å²) in [6, 6.07) is 3.28. The van der Waals surface area contributed by atoms with E-state index in [-0.39, 0.29) is 0 Å². The fourth-order valence-corrected chi connectivity index (χ4v) is 1.57. The summed E-state index contributed by atoms with van der Waals surface area (Å²) >= 11 is 2.06. The number of anilines is 1. The van der Waals surface area contributed by atoms with Gasteiger partial charge in [0.05, 0.1) is 13.7 Å². The van der Waals surface area contributed by atoms with E-state index < -0.39 is 5.97 Å². The molecule has 1 rings (SSSR count). The van der Waals surface area contributed by atoms with Crippen molar-refractivity contribution in [1.82, 2.24) is 0 Å². The van der Waals surface area contributed by atoms with Crippen molar-refractivity contribution in [3.63, 3.8) is 0 Å². The number of nitrogen functional groups attached to an aromatic ring is 1. The molecule has 1 aromatic carbocycles. The number of nitrogens with two attached hydrogens (primary N) is 1. The Balaban J connectivity index is 3.15.